The molecule has 5 N–H and O–H groups in total. The molecule has 0 amide bonds. The second kappa shape index (κ2) is 12.0. The van der Waals surface area contributed by atoms with Crippen LogP contribution in [0.15, 0.2) is 42.5 Å². The van der Waals surface area contributed by atoms with Crippen molar-refractivity contribution in [1.29, 1.82) is 0 Å². The summed E-state index contributed by atoms with van der Waals surface area (Å²) in [6.07, 6.45) is -5.81. The molecule has 0 aliphatic carbocycles. The van der Waals surface area contributed by atoms with Crippen LogP contribution in [0.3, 0.4) is 0 Å². The lowest BCUT2D eigenvalue weighted by Gasteiger charge is -2.46. The Hall–Kier alpha value is -1.70. The summed E-state index contributed by atoms with van der Waals surface area (Å²) in [7, 11) is 0. The van der Waals surface area contributed by atoms with Gasteiger partial charge in [0.15, 0.2) is 0 Å². The summed E-state index contributed by atoms with van der Waals surface area (Å²) in [4.78, 5) is 10.2. The van der Waals surface area contributed by atoms with Crippen LogP contribution in [0.5, 0.6) is 0 Å². The second-order valence-electron chi connectivity index (χ2n) is 7.33. The minimum atomic E-state index is -2.27. The van der Waals surface area contributed by atoms with Gasteiger partial charge in [-0.1, -0.05) is 42.5 Å². The van der Waals surface area contributed by atoms with Crippen molar-refractivity contribution in [1.82, 2.24) is 0 Å². The van der Waals surface area contributed by atoms with Gasteiger partial charge in [0.2, 0.25) is 5.79 Å². The molecule has 0 spiro atoms. The summed E-state index contributed by atoms with van der Waals surface area (Å²) in [5, 5.41) is 52.5. The van der Waals surface area contributed by atoms with E-state index < -0.39 is 36.8 Å². The predicted molar refractivity (Wildman–Crippen MR) is 111 cm³/mol. The van der Waals surface area contributed by atoms with Gasteiger partial charge in [0.05, 0.1) is 39.6 Å². The van der Waals surface area contributed by atoms with Crippen LogP contribution < -0.4 is 0 Å². The fourth-order valence-electron chi connectivity index (χ4n) is 3.63. The Morgan fingerprint density at radius 1 is 0.875 bits per heavy atom. The number of aliphatic hydroxyl groups is 5. The quantitative estimate of drug-likeness (QED) is 0.161. The van der Waals surface area contributed by atoms with Gasteiger partial charge in [0, 0.05) is 5.56 Å². The molecule has 2 aromatic carbocycles. The molecule has 0 bridgehead atoms. The van der Waals surface area contributed by atoms with Crippen LogP contribution in [-0.4, -0.2) is 96.2 Å². The van der Waals surface area contributed by atoms with Crippen molar-refractivity contribution in [2.45, 2.75) is 30.2 Å². The van der Waals surface area contributed by atoms with E-state index in [1.54, 1.807) is 24.3 Å². The first kappa shape index (κ1) is 24.9. The Bertz CT molecular complexity index is 826. The first-order valence-electron chi connectivity index (χ1n) is 10.4. The molecule has 1 saturated heterocycles. The van der Waals surface area contributed by atoms with Crippen LogP contribution in [0.1, 0.15) is 5.56 Å². The molecule has 1 fully saturated rings. The molecule has 32 heavy (non-hydrogen) atoms. The fourth-order valence-corrected chi connectivity index (χ4v) is 3.63. The maximum absolute atomic E-state index is 11.2. The summed E-state index contributed by atoms with van der Waals surface area (Å²) in [5.41, 5.74) is 0.261. The molecule has 10 nitrogen and oxygen atoms in total. The Balaban J connectivity index is 1.61. The van der Waals surface area contributed by atoms with Crippen LogP contribution in [-0.2, 0) is 29.8 Å². The van der Waals surface area contributed by atoms with Gasteiger partial charge in [0.1, 0.15) is 31.0 Å². The van der Waals surface area contributed by atoms with E-state index in [0.717, 1.165) is 5.39 Å². The van der Waals surface area contributed by atoms with Gasteiger partial charge in [-0.2, -0.15) is 0 Å². The highest BCUT2D eigenvalue weighted by Crippen LogP contribution is 2.40. The number of benzene rings is 2. The summed E-state index contributed by atoms with van der Waals surface area (Å²) >= 11 is 0. The molecule has 1 aliphatic heterocycles. The molecule has 0 aromatic heterocycles. The maximum atomic E-state index is 11.2. The van der Waals surface area contributed by atoms with Gasteiger partial charge in [-0.3, -0.25) is 0 Å². The number of aliphatic hydroxyl groups excluding tert-OH is 4. The fraction of sp³-hybridized carbons (Fsp3) is 0.545. The van der Waals surface area contributed by atoms with Gasteiger partial charge in [-0.05, 0) is 10.8 Å². The monoisotopic (exact) mass is 454 g/mol. The summed E-state index contributed by atoms with van der Waals surface area (Å²) in [6, 6.07) is 12.4. The third-order valence-electron chi connectivity index (χ3n) is 5.21. The number of hydrogen-bond donors (Lipinski definition) is 5. The maximum Gasteiger partial charge on any atom is 0.223 e. The molecule has 2 aromatic rings. The van der Waals surface area contributed by atoms with E-state index in [4.69, 9.17) is 29.1 Å². The number of ether oxygens (including phenoxy) is 3. The molecule has 0 unspecified atom stereocenters. The van der Waals surface area contributed by atoms with Crippen LogP contribution in [0.25, 0.3) is 10.8 Å². The van der Waals surface area contributed by atoms with Gasteiger partial charge in [-0.15, -0.1) is 0 Å². The van der Waals surface area contributed by atoms with Crippen molar-refractivity contribution in [3.63, 3.8) is 0 Å². The first-order chi connectivity index (χ1) is 15.5. The van der Waals surface area contributed by atoms with E-state index in [0.29, 0.717) is 18.6 Å². The molecule has 178 valence electrons. The lowest BCUT2D eigenvalue weighted by Crippen LogP contribution is -2.64. The highest BCUT2D eigenvalue weighted by atomic mass is 17.2. The molecule has 1 heterocycles. The number of rotatable bonds is 12. The standard InChI is InChI=1S/C22H30O10/c23-8-9-28-10-11-29-12-13-30-32-20-18(14-24)31-22(27,21(26)19(20)25)17-7-3-5-15-4-1-2-6-16(15)17/h1-7,18-21,23-27H,8-14H2/t18-,19+,20+,21-,22-/m1/s1. The topological polar surface area (TPSA) is 147 Å². The van der Waals surface area contributed by atoms with Gasteiger partial charge in [0.25, 0.3) is 0 Å². The highest BCUT2D eigenvalue weighted by molar-refractivity contribution is 5.86. The lowest BCUT2D eigenvalue weighted by molar-refractivity contribution is -0.421. The Kier molecular flexibility index (Phi) is 9.32. The van der Waals surface area contributed by atoms with Crippen molar-refractivity contribution in [3.05, 3.63) is 48.0 Å². The molecule has 5 atom stereocenters. The molecular formula is C22H30O10. The Morgan fingerprint density at radius 3 is 2.31 bits per heavy atom. The van der Waals surface area contributed by atoms with Crippen molar-refractivity contribution in [3.8, 4) is 0 Å². The van der Waals surface area contributed by atoms with Gasteiger partial charge < -0.3 is 39.7 Å². The number of hydrogen-bond acceptors (Lipinski definition) is 10. The van der Waals surface area contributed by atoms with Crippen molar-refractivity contribution >= 4 is 10.8 Å². The molecule has 0 saturated carbocycles. The third kappa shape index (κ3) is 5.61. The van der Waals surface area contributed by atoms with Crippen LogP contribution in [0, 0.1) is 0 Å². The van der Waals surface area contributed by atoms with E-state index in [9.17, 15) is 20.4 Å². The van der Waals surface area contributed by atoms with Crippen LogP contribution in [0.4, 0.5) is 0 Å². The van der Waals surface area contributed by atoms with E-state index >= 15 is 0 Å². The Labute approximate surface area is 185 Å². The molecule has 1 aliphatic rings. The molecular weight excluding hydrogens is 424 g/mol. The van der Waals surface area contributed by atoms with Crippen LogP contribution in [0.2, 0.25) is 0 Å². The zero-order valence-electron chi connectivity index (χ0n) is 17.6. The highest BCUT2D eigenvalue weighted by Gasteiger charge is 2.55. The minimum absolute atomic E-state index is 0.00501. The van der Waals surface area contributed by atoms with Crippen LogP contribution >= 0.6 is 0 Å². The van der Waals surface area contributed by atoms with Crippen molar-refractivity contribution in [2.75, 3.05) is 46.2 Å². The van der Waals surface area contributed by atoms with E-state index in [2.05, 4.69) is 0 Å². The smallest absolute Gasteiger partial charge is 0.223 e. The predicted octanol–water partition coefficient (Wildman–Crippen LogP) is -0.560. The second-order valence-corrected chi connectivity index (χ2v) is 7.33. The summed E-state index contributed by atoms with van der Waals surface area (Å²) in [6.45, 7) is 0.374. The van der Waals surface area contributed by atoms with Crippen molar-refractivity contribution in [2.24, 2.45) is 0 Å². The summed E-state index contributed by atoms with van der Waals surface area (Å²) in [5.74, 6) is -2.27. The van der Waals surface area contributed by atoms with Gasteiger partial charge in [-0.25, -0.2) is 9.78 Å². The SMILES string of the molecule is OCCOCCOCCOO[C@@H]1[C@H](O)[C@@H](O)[C@@](O)(c2cccc3ccccc23)O[C@@H]1CO. The average molecular weight is 454 g/mol. The molecule has 10 heteroatoms. The first-order valence-corrected chi connectivity index (χ1v) is 10.4. The minimum Gasteiger partial charge on any atom is -0.394 e. The van der Waals surface area contributed by atoms with E-state index in [-0.39, 0.29) is 32.0 Å². The normalized spacial score (nSPS) is 28.3. The largest absolute Gasteiger partial charge is 0.394 e. The molecule has 0 radical (unpaired) electrons. The van der Waals surface area contributed by atoms with Gasteiger partial charge >= 0.3 is 0 Å². The zero-order chi connectivity index (χ0) is 23.0. The third-order valence-corrected chi connectivity index (χ3v) is 5.21. The molecule has 3 rings (SSSR count). The van der Waals surface area contributed by atoms with E-state index in [1.165, 1.54) is 0 Å². The zero-order valence-corrected chi connectivity index (χ0v) is 17.6. The average Bonchev–Trinajstić information content (AvgIpc) is 2.82. The van der Waals surface area contributed by atoms with E-state index in [1.807, 2.05) is 18.2 Å². The lowest BCUT2D eigenvalue weighted by atomic mass is 9.86. The van der Waals surface area contributed by atoms with Crippen molar-refractivity contribution < 1.29 is 49.5 Å². The Morgan fingerprint density at radius 2 is 1.56 bits per heavy atom. The number of fused-ring (bicyclic) bond motifs is 1. The summed E-state index contributed by atoms with van der Waals surface area (Å²) < 4.78 is 16.0.